The van der Waals surface area contributed by atoms with Crippen molar-refractivity contribution in [2.75, 3.05) is 6.61 Å². The van der Waals surface area contributed by atoms with Crippen molar-refractivity contribution in [1.82, 2.24) is 0 Å². The Morgan fingerprint density at radius 3 is 2.90 bits per heavy atom. The van der Waals surface area contributed by atoms with Crippen molar-refractivity contribution in [1.29, 1.82) is 0 Å². The molecule has 0 N–H and O–H groups in total. The Hall–Kier alpha value is -1.05. The predicted octanol–water partition coefficient (Wildman–Crippen LogP) is 1.68. The first-order valence-corrected chi connectivity index (χ1v) is 3.25. The molecule has 0 bridgehead atoms. The zero-order valence-electron chi connectivity index (χ0n) is 6.17. The van der Waals surface area contributed by atoms with Crippen molar-refractivity contribution in [2.24, 2.45) is 0 Å². The molecule has 0 heterocycles. The lowest BCUT2D eigenvalue weighted by molar-refractivity contribution is -0.137. The summed E-state index contributed by atoms with van der Waals surface area (Å²) < 4.78 is 4.63. The third-order valence-corrected chi connectivity index (χ3v) is 0.843. The molecule has 0 aliphatic rings. The van der Waals surface area contributed by atoms with E-state index in [9.17, 15) is 4.79 Å². The summed E-state index contributed by atoms with van der Waals surface area (Å²) in [6.07, 6.45) is 5.55. The van der Waals surface area contributed by atoms with Crippen LogP contribution in [0.3, 0.4) is 0 Å². The number of carbonyl (C=O) groups is 1. The van der Waals surface area contributed by atoms with Crippen LogP contribution in [0.1, 0.15) is 13.3 Å². The lowest BCUT2D eigenvalue weighted by atomic mass is 10.4. The zero-order chi connectivity index (χ0) is 7.82. The standard InChI is InChI=1S/C8H12O2/c1-3-5-6-7-8(9)10-4-2/h3,6-7H,1,4-5H2,2H3/b7-6+. The number of allylic oxidation sites excluding steroid dienone is 2. The topological polar surface area (TPSA) is 26.3 Å². The van der Waals surface area contributed by atoms with Crippen LogP contribution in [0.5, 0.6) is 0 Å². The van der Waals surface area contributed by atoms with Gasteiger partial charge in [-0.1, -0.05) is 12.2 Å². The van der Waals surface area contributed by atoms with Crippen LogP contribution in [-0.2, 0) is 9.53 Å². The second kappa shape index (κ2) is 6.08. The number of carbonyl (C=O) groups excluding carboxylic acids is 1. The van der Waals surface area contributed by atoms with Gasteiger partial charge in [0, 0.05) is 6.08 Å². The number of hydrogen-bond acceptors (Lipinski definition) is 2. The molecule has 0 aromatic carbocycles. The van der Waals surface area contributed by atoms with Crippen molar-refractivity contribution in [3.63, 3.8) is 0 Å². The highest BCUT2D eigenvalue weighted by atomic mass is 16.5. The van der Waals surface area contributed by atoms with E-state index in [0.717, 1.165) is 0 Å². The van der Waals surface area contributed by atoms with Gasteiger partial charge in [-0.05, 0) is 13.3 Å². The van der Waals surface area contributed by atoms with Gasteiger partial charge in [0.1, 0.15) is 0 Å². The van der Waals surface area contributed by atoms with Crippen LogP contribution in [-0.4, -0.2) is 12.6 Å². The van der Waals surface area contributed by atoms with E-state index in [0.29, 0.717) is 13.0 Å². The maximum Gasteiger partial charge on any atom is 0.330 e. The van der Waals surface area contributed by atoms with Gasteiger partial charge in [-0.2, -0.15) is 0 Å². The van der Waals surface area contributed by atoms with E-state index in [4.69, 9.17) is 0 Å². The van der Waals surface area contributed by atoms with Gasteiger partial charge in [0.05, 0.1) is 6.61 Å². The molecule has 0 saturated heterocycles. The molecule has 0 aromatic rings. The fourth-order valence-electron chi connectivity index (χ4n) is 0.451. The Morgan fingerprint density at radius 1 is 1.70 bits per heavy atom. The molecule has 2 heteroatoms. The van der Waals surface area contributed by atoms with Crippen LogP contribution in [0.2, 0.25) is 0 Å². The molecule has 0 aliphatic carbocycles. The van der Waals surface area contributed by atoms with E-state index in [-0.39, 0.29) is 5.97 Å². The van der Waals surface area contributed by atoms with Crippen LogP contribution in [0.25, 0.3) is 0 Å². The SMILES string of the molecule is C=CC/C=C/C(=O)OCC. The fraction of sp³-hybridized carbons (Fsp3) is 0.375. The summed E-state index contributed by atoms with van der Waals surface area (Å²) >= 11 is 0. The van der Waals surface area contributed by atoms with E-state index < -0.39 is 0 Å². The van der Waals surface area contributed by atoms with Gasteiger partial charge in [-0.25, -0.2) is 4.79 Å². The maximum absolute atomic E-state index is 10.6. The minimum Gasteiger partial charge on any atom is -0.463 e. The third-order valence-electron chi connectivity index (χ3n) is 0.843. The zero-order valence-corrected chi connectivity index (χ0v) is 6.17. The first kappa shape index (κ1) is 8.95. The van der Waals surface area contributed by atoms with Crippen molar-refractivity contribution in [3.05, 3.63) is 24.8 Å². The van der Waals surface area contributed by atoms with Crippen LogP contribution in [0.15, 0.2) is 24.8 Å². The first-order chi connectivity index (χ1) is 4.81. The monoisotopic (exact) mass is 140 g/mol. The molecular formula is C8H12O2. The number of ether oxygens (including phenoxy) is 1. The molecule has 0 spiro atoms. The van der Waals surface area contributed by atoms with E-state index >= 15 is 0 Å². The highest BCUT2D eigenvalue weighted by Gasteiger charge is 1.89. The van der Waals surface area contributed by atoms with Crippen LogP contribution in [0, 0.1) is 0 Å². The van der Waals surface area contributed by atoms with Gasteiger partial charge >= 0.3 is 5.97 Å². The minimum absolute atomic E-state index is 0.288. The smallest absolute Gasteiger partial charge is 0.330 e. The van der Waals surface area contributed by atoms with Crippen molar-refractivity contribution in [2.45, 2.75) is 13.3 Å². The van der Waals surface area contributed by atoms with Crippen molar-refractivity contribution >= 4 is 5.97 Å². The van der Waals surface area contributed by atoms with Crippen molar-refractivity contribution < 1.29 is 9.53 Å². The highest BCUT2D eigenvalue weighted by Crippen LogP contribution is 1.85. The van der Waals surface area contributed by atoms with Gasteiger partial charge < -0.3 is 4.74 Å². The molecule has 0 saturated carbocycles. The second-order valence-electron chi connectivity index (χ2n) is 1.68. The third kappa shape index (κ3) is 5.09. The minimum atomic E-state index is -0.288. The maximum atomic E-state index is 10.6. The van der Waals surface area contributed by atoms with Crippen LogP contribution >= 0.6 is 0 Å². The first-order valence-electron chi connectivity index (χ1n) is 3.25. The van der Waals surface area contributed by atoms with Gasteiger partial charge in [-0.15, -0.1) is 6.58 Å². The molecule has 0 atom stereocenters. The van der Waals surface area contributed by atoms with E-state index in [1.165, 1.54) is 6.08 Å². The summed E-state index contributed by atoms with van der Waals surface area (Å²) in [4.78, 5) is 10.6. The van der Waals surface area contributed by atoms with Crippen LogP contribution < -0.4 is 0 Å². The number of esters is 1. The Kier molecular flexibility index (Phi) is 5.44. The normalized spacial score (nSPS) is 9.70. The fourth-order valence-corrected chi connectivity index (χ4v) is 0.451. The van der Waals surface area contributed by atoms with Gasteiger partial charge in [0.25, 0.3) is 0 Å². The van der Waals surface area contributed by atoms with Crippen LogP contribution in [0.4, 0.5) is 0 Å². The molecule has 0 radical (unpaired) electrons. The largest absolute Gasteiger partial charge is 0.463 e. The molecule has 10 heavy (non-hydrogen) atoms. The quantitative estimate of drug-likeness (QED) is 0.337. The summed E-state index contributed by atoms with van der Waals surface area (Å²) in [5.41, 5.74) is 0. The second-order valence-corrected chi connectivity index (χ2v) is 1.68. The lowest BCUT2D eigenvalue weighted by Gasteiger charge is -1.92. The lowest BCUT2D eigenvalue weighted by Crippen LogP contribution is -1.98. The Balaban J connectivity index is 3.45. The Bertz CT molecular complexity index is 136. The summed E-state index contributed by atoms with van der Waals surface area (Å²) in [6, 6.07) is 0. The molecule has 0 fully saturated rings. The molecule has 0 aromatic heterocycles. The Morgan fingerprint density at radius 2 is 2.40 bits per heavy atom. The van der Waals surface area contributed by atoms with E-state index in [1.54, 1.807) is 19.1 Å². The van der Waals surface area contributed by atoms with Gasteiger partial charge in [0.15, 0.2) is 0 Å². The molecule has 0 aliphatic heterocycles. The molecule has 56 valence electrons. The number of rotatable bonds is 4. The van der Waals surface area contributed by atoms with E-state index in [1.807, 2.05) is 0 Å². The van der Waals surface area contributed by atoms with E-state index in [2.05, 4.69) is 11.3 Å². The average molecular weight is 140 g/mol. The summed E-state index contributed by atoms with van der Waals surface area (Å²) in [5, 5.41) is 0. The highest BCUT2D eigenvalue weighted by molar-refractivity contribution is 5.81. The number of hydrogen-bond donors (Lipinski definition) is 0. The molecular weight excluding hydrogens is 128 g/mol. The molecule has 0 amide bonds. The average Bonchev–Trinajstić information content (AvgIpc) is 1.89. The van der Waals surface area contributed by atoms with Gasteiger partial charge in [-0.3, -0.25) is 0 Å². The van der Waals surface area contributed by atoms with Crippen molar-refractivity contribution in [3.8, 4) is 0 Å². The Labute approximate surface area is 61.2 Å². The summed E-state index contributed by atoms with van der Waals surface area (Å²) in [7, 11) is 0. The summed E-state index contributed by atoms with van der Waals surface area (Å²) in [5.74, 6) is -0.288. The predicted molar refractivity (Wildman–Crippen MR) is 40.6 cm³/mol. The summed E-state index contributed by atoms with van der Waals surface area (Å²) in [6.45, 7) is 5.71. The molecule has 0 unspecified atom stereocenters. The van der Waals surface area contributed by atoms with Gasteiger partial charge in [0.2, 0.25) is 0 Å². The molecule has 0 rings (SSSR count). The molecule has 2 nitrogen and oxygen atoms in total.